The molecule has 0 saturated carbocycles. The summed E-state index contributed by atoms with van der Waals surface area (Å²) in [6.45, 7) is 2.66. The predicted octanol–water partition coefficient (Wildman–Crippen LogP) is -0.352. The van der Waals surface area contributed by atoms with Crippen LogP contribution in [0.5, 0.6) is 0 Å². The summed E-state index contributed by atoms with van der Waals surface area (Å²) in [5, 5.41) is 5.18. The van der Waals surface area contributed by atoms with E-state index < -0.39 is 5.91 Å². The van der Waals surface area contributed by atoms with Crippen LogP contribution in [-0.4, -0.2) is 36.4 Å². The number of carbonyl (C=O) groups excluding carboxylic acids is 2. The van der Waals surface area contributed by atoms with Gasteiger partial charge in [0.15, 0.2) is 0 Å². The zero-order valence-electron chi connectivity index (χ0n) is 11.4. The van der Waals surface area contributed by atoms with Crippen LogP contribution in [0, 0.1) is 11.8 Å². The summed E-state index contributed by atoms with van der Waals surface area (Å²) >= 11 is 0. The van der Waals surface area contributed by atoms with Gasteiger partial charge in [-0.1, -0.05) is 18.8 Å². The highest BCUT2D eigenvalue weighted by molar-refractivity contribution is 5.96. The van der Waals surface area contributed by atoms with Crippen LogP contribution in [-0.2, 0) is 4.79 Å². The van der Waals surface area contributed by atoms with Crippen LogP contribution in [0.2, 0.25) is 0 Å². The number of rotatable bonds is 5. The van der Waals surface area contributed by atoms with E-state index in [9.17, 15) is 9.59 Å². The zero-order valence-corrected chi connectivity index (χ0v) is 11.4. The summed E-state index contributed by atoms with van der Waals surface area (Å²) in [4.78, 5) is 27.3. The second-order valence-electron chi connectivity index (χ2n) is 3.94. The molecular weight excluding hydrogens is 256 g/mol. The molecule has 1 aromatic rings. The van der Waals surface area contributed by atoms with Crippen LogP contribution >= 0.6 is 0 Å². The molecule has 0 spiro atoms. The van der Waals surface area contributed by atoms with E-state index in [1.807, 2.05) is 6.92 Å². The second kappa shape index (κ2) is 8.67. The van der Waals surface area contributed by atoms with Crippen molar-refractivity contribution < 1.29 is 9.59 Å². The first-order valence-electron chi connectivity index (χ1n) is 6.37. The largest absolute Gasteiger partial charge is 0.355 e. The molecule has 1 aromatic heterocycles. The molecule has 106 valence electrons. The minimum Gasteiger partial charge on any atom is -0.355 e. The molecule has 20 heavy (non-hydrogen) atoms. The number of nitrogens with two attached hydrogens (primary N) is 1. The number of nitrogens with zero attached hydrogens (tertiary/aromatic N) is 1. The quantitative estimate of drug-likeness (QED) is 0.639. The summed E-state index contributed by atoms with van der Waals surface area (Å²) in [5.74, 6) is 4.79. The van der Waals surface area contributed by atoms with E-state index in [1.165, 1.54) is 6.20 Å². The van der Waals surface area contributed by atoms with Crippen molar-refractivity contribution in [3.05, 3.63) is 29.6 Å². The average molecular weight is 274 g/mol. The predicted molar refractivity (Wildman–Crippen MR) is 75.8 cm³/mol. The number of amides is 2. The first-order chi connectivity index (χ1) is 9.69. The molecule has 6 nitrogen and oxygen atoms in total. The summed E-state index contributed by atoms with van der Waals surface area (Å²) in [6, 6.07) is 3.37. The maximum Gasteiger partial charge on any atom is 0.271 e. The lowest BCUT2D eigenvalue weighted by atomic mass is 10.2. The summed E-state index contributed by atoms with van der Waals surface area (Å²) in [7, 11) is 0. The SMILES string of the molecule is CCCNC(=O)CNC(=O)c1ncccc1C#CCN. The highest BCUT2D eigenvalue weighted by Gasteiger charge is 2.12. The Morgan fingerprint density at radius 1 is 1.40 bits per heavy atom. The fourth-order valence-corrected chi connectivity index (χ4v) is 1.40. The molecule has 1 heterocycles. The standard InChI is InChI=1S/C14H18N4O2/c1-2-8-16-12(19)10-18-14(20)13-11(5-3-7-15)6-4-9-17-13/h4,6,9H,2,7-8,10,15H2,1H3,(H,16,19)(H,18,20). The van der Waals surface area contributed by atoms with E-state index >= 15 is 0 Å². The van der Waals surface area contributed by atoms with Crippen LogP contribution in [0.25, 0.3) is 0 Å². The lowest BCUT2D eigenvalue weighted by Crippen LogP contribution is -2.37. The summed E-state index contributed by atoms with van der Waals surface area (Å²) < 4.78 is 0. The average Bonchev–Trinajstić information content (AvgIpc) is 2.48. The molecule has 0 aliphatic heterocycles. The van der Waals surface area contributed by atoms with Gasteiger partial charge in [0.2, 0.25) is 5.91 Å². The molecule has 0 saturated heterocycles. The van der Waals surface area contributed by atoms with Crippen LogP contribution < -0.4 is 16.4 Å². The van der Waals surface area contributed by atoms with E-state index in [2.05, 4.69) is 27.5 Å². The number of carbonyl (C=O) groups is 2. The molecule has 0 bridgehead atoms. The number of hydrogen-bond donors (Lipinski definition) is 3. The first-order valence-corrected chi connectivity index (χ1v) is 6.37. The van der Waals surface area contributed by atoms with Crippen molar-refractivity contribution in [3.63, 3.8) is 0 Å². The van der Waals surface area contributed by atoms with Crippen molar-refractivity contribution in [3.8, 4) is 11.8 Å². The zero-order chi connectivity index (χ0) is 14.8. The number of nitrogens with one attached hydrogen (secondary N) is 2. The van der Waals surface area contributed by atoms with Gasteiger partial charge in [0.1, 0.15) is 5.69 Å². The summed E-state index contributed by atoms with van der Waals surface area (Å²) in [5.41, 5.74) is 5.98. The minimum absolute atomic E-state index is 0.0842. The molecule has 0 fully saturated rings. The van der Waals surface area contributed by atoms with Gasteiger partial charge in [0.25, 0.3) is 5.91 Å². The third kappa shape index (κ3) is 5.08. The van der Waals surface area contributed by atoms with Gasteiger partial charge in [0.05, 0.1) is 18.7 Å². The molecule has 0 atom stereocenters. The fraction of sp³-hybridized carbons (Fsp3) is 0.357. The molecule has 4 N–H and O–H groups in total. The second-order valence-corrected chi connectivity index (χ2v) is 3.94. The van der Waals surface area contributed by atoms with Crippen molar-refractivity contribution >= 4 is 11.8 Å². The number of hydrogen-bond acceptors (Lipinski definition) is 4. The Kier molecular flexibility index (Phi) is 6.79. The molecule has 0 radical (unpaired) electrons. The Bertz CT molecular complexity index is 531. The first kappa shape index (κ1) is 15.7. The Morgan fingerprint density at radius 2 is 2.20 bits per heavy atom. The molecular formula is C14H18N4O2. The van der Waals surface area contributed by atoms with Crippen LogP contribution in [0.4, 0.5) is 0 Å². The monoisotopic (exact) mass is 274 g/mol. The lowest BCUT2D eigenvalue weighted by Gasteiger charge is -2.06. The number of pyridine rings is 1. The smallest absolute Gasteiger partial charge is 0.271 e. The molecule has 2 amide bonds. The van der Waals surface area contributed by atoms with E-state index in [-0.39, 0.29) is 24.7 Å². The Labute approximate surface area is 118 Å². The van der Waals surface area contributed by atoms with Crippen LogP contribution in [0.15, 0.2) is 18.3 Å². The van der Waals surface area contributed by atoms with Gasteiger partial charge < -0.3 is 16.4 Å². The van der Waals surface area contributed by atoms with Crippen LogP contribution in [0.1, 0.15) is 29.4 Å². The molecule has 0 aromatic carbocycles. The Hall–Kier alpha value is -2.39. The third-order valence-electron chi connectivity index (χ3n) is 2.33. The van der Waals surface area contributed by atoms with Gasteiger partial charge in [-0.3, -0.25) is 9.59 Å². The van der Waals surface area contributed by atoms with Gasteiger partial charge in [-0.05, 0) is 18.6 Å². The third-order valence-corrected chi connectivity index (χ3v) is 2.33. The van der Waals surface area contributed by atoms with Crippen molar-refractivity contribution in [1.29, 1.82) is 0 Å². The topological polar surface area (TPSA) is 97.1 Å². The van der Waals surface area contributed by atoms with E-state index in [0.717, 1.165) is 6.42 Å². The number of aromatic nitrogens is 1. The lowest BCUT2D eigenvalue weighted by molar-refractivity contribution is -0.120. The van der Waals surface area contributed by atoms with Gasteiger partial charge in [-0.2, -0.15) is 0 Å². The van der Waals surface area contributed by atoms with E-state index in [4.69, 9.17) is 5.73 Å². The van der Waals surface area contributed by atoms with Crippen molar-refractivity contribution in [2.75, 3.05) is 19.6 Å². The molecule has 0 unspecified atom stereocenters. The van der Waals surface area contributed by atoms with Gasteiger partial charge in [-0.25, -0.2) is 4.98 Å². The van der Waals surface area contributed by atoms with E-state index in [0.29, 0.717) is 12.1 Å². The molecule has 0 aliphatic rings. The molecule has 6 heteroatoms. The van der Waals surface area contributed by atoms with Crippen molar-refractivity contribution in [2.45, 2.75) is 13.3 Å². The summed E-state index contributed by atoms with van der Waals surface area (Å²) in [6.07, 6.45) is 2.35. The van der Waals surface area contributed by atoms with E-state index in [1.54, 1.807) is 12.1 Å². The minimum atomic E-state index is -0.432. The fourth-order valence-electron chi connectivity index (χ4n) is 1.40. The Morgan fingerprint density at radius 3 is 2.90 bits per heavy atom. The maximum atomic E-state index is 12.0. The molecule has 0 aliphatic carbocycles. The van der Waals surface area contributed by atoms with Gasteiger partial charge in [0, 0.05) is 12.7 Å². The Balaban J connectivity index is 2.66. The normalized spacial score (nSPS) is 9.30. The highest BCUT2D eigenvalue weighted by atomic mass is 16.2. The van der Waals surface area contributed by atoms with Gasteiger partial charge >= 0.3 is 0 Å². The van der Waals surface area contributed by atoms with Crippen molar-refractivity contribution in [1.82, 2.24) is 15.6 Å². The van der Waals surface area contributed by atoms with Gasteiger partial charge in [-0.15, -0.1) is 0 Å². The van der Waals surface area contributed by atoms with Crippen molar-refractivity contribution in [2.24, 2.45) is 5.73 Å². The molecule has 1 rings (SSSR count). The maximum absolute atomic E-state index is 12.0. The highest BCUT2D eigenvalue weighted by Crippen LogP contribution is 2.03. The van der Waals surface area contributed by atoms with Crippen LogP contribution in [0.3, 0.4) is 0 Å².